The highest BCUT2D eigenvalue weighted by molar-refractivity contribution is 5.90. The molecule has 1 aromatic heterocycles. The van der Waals surface area contributed by atoms with E-state index < -0.39 is 11.9 Å². The Bertz CT molecular complexity index is 375. The maximum atomic E-state index is 10.5. The molecule has 0 unspecified atom stereocenters. The number of aryl methyl sites for hydroxylation is 1. The summed E-state index contributed by atoms with van der Waals surface area (Å²) in [6, 6.07) is 0. The lowest BCUT2D eigenvalue weighted by molar-refractivity contribution is 0.0683. The summed E-state index contributed by atoms with van der Waals surface area (Å²) in [6.07, 6.45) is 1.02. The summed E-state index contributed by atoms with van der Waals surface area (Å²) in [5, 5.41) is 17.1. The number of carboxylic acids is 2. The fraction of sp³-hybridized carbons (Fsp3) is 0.143. The van der Waals surface area contributed by atoms with Crippen LogP contribution in [0.5, 0.6) is 0 Å². The topological polar surface area (TPSA) is 100 Å². The molecule has 13 heavy (non-hydrogen) atoms. The summed E-state index contributed by atoms with van der Waals surface area (Å²) in [6.45, 7) is 1.45. The molecule has 1 aromatic rings. The van der Waals surface area contributed by atoms with E-state index in [1.165, 1.54) is 6.92 Å². The van der Waals surface area contributed by atoms with Crippen LogP contribution in [0.15, 0.2) is 6.20 Å². The van der Waals surface area contributed by atoms with Crippen molar-refractivity contribution < 1.29 is 19.8 Å². The normalized spacial score (nSPS) is 9.62. The van der Waals surface area contributed by atoms with Gasteiger partial charge in [0, 0.05) is 0 Å². The van der Waals surface area contributed by atoms with E-state index in [9.17, 15) is 9.59 Å². The van der Waals surface area contributed by atoms with E-state index in [-0.39, 0.29) is 17.1 Å². The van der Waals surface area contributed by atoms with Crippen molar-refractivity contribution in [2.45, 2.75) is 6.92 Å². The van der Waals surface area contributed by atoms with Gasteiger partial charge in [0.25, 0.3) is 0 Å². The Morgan fingerprint density at radius 1 is 1.31 bits per heavy atom. The molecule has 0 amide bonds. The lowest BCUT2D eigenvalue weighted by Gasteiger charge is -1.99. The molecule has 1 heterocycles. The zero-order valence-electron chi connectivity index (χ0n) is 6.68. The Kier molecular flexibility index (Phi) is 2.23. The molecule has 0 spiro atoms. The van der Waals surface area contributed by atoms with Gasteiger partial charge in [0.1, 0.15) is 0 Å². The lowest BCUT2D eigenvalue weighted by atomic mass is 10.3. The van der Waals surface area contributed by atoms with Crippen LogP contribution in [-0.2, 0) is 0 Å². The minimum atomic E-state index is -1.30. The summed E-state index contributed by atoms with van der Waals surface area (Å²) in [7, 11) is 0. The van der Waals surface area contributed by atoms with Gasteiger partial charge in [0.15, 0.2) is 11.4 Å². The first kappa shape index (κ1) is 9.11. The quantitative estimate of drug-likeness (QED) is 0.676. The van der Waals surface area contributed by atoms with Crippen LogP contribution in [0.1, 0.15) is 26.7 Å². The molecule has 0 atom stereocenters. The first-order chi connectivity index (χ1) is 6.02. The van der Waals surface area contributed by atoms with Gasteiger partial charge < -0.3 is 10.2 Å². The van der Waals surface area contributed by atoms with Crippen molar-refractivity contribution >= 4 is 11.9 Å². The second-order valence-corrected chi connectivity index (χ2v) is 2.30. The molecule has 0 fully saturated rings. The molecule has 68 valence electrons. The van der Waals surface area contributed by atoms with Crippen LogP contribution in [0, 0.1) is 6.92 Å². The van der Waals surface area contributed by atoms with Crippen molar-refractivity contribution in [1.29, 1.82) is 0 Å². The van der Waals surface area contributed by atoms with E-state index >= 15 is 0 Å². The maximum Gasteiger partial charge on any atom is 0.356 e. The fourth-order valence-corrected chi connectivity index (χ4v) is 0.755. The number of nitrogens with zero attached hydrogens (tertiary/aromatic N) is 2. The average molecular weight is 182 g/mol. The molecule has 0 saturated carbocycles. The van der Waals surface area contributed by atoms with Gasteiger partial charge in [-0.05, 0) is 6.92 Å². The van der Waals surface area contributed by atoms with Crippen molar-refractivity contribution in [3.8, 4) is 0 Å². The van der Waals surface area contributed by atoms with Crippen LogP contribution in [0.3, 0.4) is 0 Å². The number of rotatable bonds is 2. The Hall–Kier alpha value is -1.98. The van der Waals surface area contributed by atoms with Crippen LogP contribution >= 0.6 is 0 Å². The van der Waals surface area contributed by atoms with Gasteiger partial charge in [-0.25, -0.2) is 14.6 Å². The number of aromatic carboxylic acids is 2. The standard InChI is InChI=1S/C7H6N2O4/c1-3-5(7(12)13)9-4(2-8-3)6(10)11/h2H,1H3,(H,10,11)(H,12,13). The van der Waals surface area contributed by atoms with Crippen LogP contribution in [0.25, 0.3) is 0 Å². The average Bonchev–Trinajstić information content (AvgIpc) is 2.04. The van der Waals surface area contributed by atoms with Crippen LogP contribution in [0.2, 0.25) is 0 Å². The van der Waals surface area contributed by atoms with Crippen LogP contribution in [0.4, 0.5) is 0 Å². The predicted octanol–water partition coefficient (Wildman–Crippen LogP) is 0.181. The Balaban J connectivity index is 3.27. The number of carbonyl (C=O) groups is 2. The number of carboxylic acid groups (broad SMARTS) is 2. The lowest BCUT2D eigenvalue weighted by Crippen LogP contribution is -2.10. The molecule has 0 aromatic carbocycles. The molecule has 0 aliphatic rings. The number of aromatic nitrogens is 2. The highest BCUT2D eigenvalue weighted by Gasteiger charge is 2.14. The molecule has 6 nitrogen and oxygen atoms in total. The third-order valence-corrected chi connectivity index (χ3v) is 1.38. The largest absolute Gasteiger partial charge is 0.476 e. The smallest absolute Gasteiger partial charge is 0.356 e. The molecule has 0 aliphatic heterocycles. The number of hydrogen-bond acceptors (Lipinski definition) is 4. The first-order valence-corrected chi connectivity index (χ1v) is 3.32. The van der Waals surface area contributed by atoms with Gasteiger partial charge in [-0.15, -0.1) is 0 Å². The van der Waals surface area contributed by atoms with E-state index in [4.69, 9.17) is 10.2 Å². The molecular formula is C7H6N2O4. The third-order valence-electron chi connectivity index (χ3n) is 1.38. The van der Waals surface area contributed by atoms with Crippen LogP contribution in [-0.4, -0.2) is 32.1 Å². The van der Waals surface area contributed by atoms with E-state index in [1.54, 1.807) is 0 Å². The molecule has 1 rings (SSSR count). The van der Waals surface area contributed by atoms with Crippen molar-refractivity contribution in [3.05, 3.63) is 23.3 Å². The molecule has 6 heteroatoms. The van der Waals surface area contributed by atoms with Crippen molar-refractivity contribution in [3.63, 3.8) is 0 Å². The van der Waals surface area contributed by atoms with E-state index in [1.807, 2.05) is 0 Å². The summed E-state index contributed by atoms with van der Waals surface area (Å²) >= 11 is 0. The molecular weight excluding hydrogens is 176 g/mol. The van der Waals surface area contributed by atoms with Gasteiger partial charge in [0.2, 0.25) is 0 Å². The van der Waals surface area contributed by atoms with E-state index in [2.05, 4.69) is 9.97 Å². The number of hydrogen-bond donors (Lipinski definition) is 2. The van der Waals surface area contributed by atoms with Crippen LogP contribution < -0.4 is 0 Å². The highest BCUT2D eigenvalue weighted by Crippen LogP contribution is 2.02. The van der Waals surface area contributed by atoms with Gasteiger partial charge in [-0.2, -0.15) is 0 Å². The minimum Gasteiger partial charge on any atom is -0.476 e. The first-order valence-electron chi connectivity index (χ1n) is 3.32. The summed E-state index contributed by atoms with van der Waals surface area (Å²) in [4.78, 5) is 27.9. The van der Waals surface area contributed by atoms with Crippen molar-refractivity contribution in [2.24, 2.45) is 0 Å². The molecule has 0 saturated heterocycles. The highest BCUT2D eigenvalue weighted by atomic mass is 16.4. The summed E-state index contributed by atoms with van der Waals surface area (Å²) < 4.78 is 0. The van der Waals surface area contributed by atoms with Gasteiger partial charge in [0.05, 0.1) is 11.9 Å². The molecule has 2 N–H and O–H groups in total. The summed E-state index contributed by atoms with van der Waals surface area (Å²) in [5.74, 6) is -2.58. The SMILES string of the molecule is Cc1ncc(C(=O)O)nc1C(=O)O. The Morgan fingerprint density at radius 3 is 2.38 bits per heavy atom. The van der Waals surface area contributed by atoms with Crippen molar-refractivity contribution in [1.82, 2.24) is 9.97 Å². The molecule has 0 radical (unpaired) electrons. The summed E-state index contributed by atoms with van der Waals surface area (Å²) in [5.41, 5.74) is -0.514. The minimum absolute atomic E-state index is 0.192. The van der Waals surface area contributed by atoms with Crippen molar-refractivity contribution in [2.75, 3.05) is 0 Å². The predicted molar refractivity (Wildman–Crippen MR) is 40.7 cm³/mol. The van der Waals surface area contributed by atoms with E-state index in [0.29, 0.717) is 0 Å². The molecule has 0 bridgehead atoms. The Morgan fingerprint density at radius 2 is 1.92 bits per heavy atom. The molecule has 0 aliphatic carbocycles. The Labute approximate surface area is 72.9 Å². The van der Waals surface area contributed by atoms with Gasteiger partial charge in [-0.3, -0.25) is 4.98 Å². The van der Waals surface area contributed by atoms with E-state index in [0.717, 1.165) is 6.20 Å². The second-order valence-electron chi connectivity index (χ2n) is 2.30. The fourth-order valence-electron chi connectivity index (χ4n) is 0.755. The monoisotopic (exact) mass is 182 g/mol. The second kappa shape index (κ2) is 3.18. The van der Waals surface area contributed by atoms with Gasteiger partial charge >= 0.3 is 11.9 Å². The maximum absolute atomic E-state index is 10.5. The van der Waals surface area contributed by atoms with Gasteiger partial charge in [-0.1, -0.05) is 0 Å². The third kappa shape index (κ3) is 1.78. The zero-order chi connectivity index (χ0) is 10.0. The zero-order valence-corrected chi connectivity index (χ0v) is 6.68.